The van der Waals surface area contributed by atoms with E-state index in [9.17, 15) is 4.79 Å². The van der Waals surface area contributed by atoms with Crippen molar-refractivity contribution < 1.29 is 19.0 Å². The number of nitrogens with one attached hydrogen (secondary N) is 2. The van der Waals surface area contributed by atoms with Gasteiger partial charge in [-0.25, -0.2) is 4.79 Å². The predicted octanol–water partition coefficient (Wildman–Crippen LogP) is 2.47. The van der Waals surface area contributed by atoms with Crippen LogP contribution in [0.25, 0.3) is 0 Å². The van der Waals surface area contributed by atoms with Gasteiger partial charge >= 0.3 is 6.09 Å². The van der Waals surface area contributed by atoms with E-state index in [1.165, 1.54) is 0 Å². The number of hydrogen-bond donors (Lipinski definition) is 2. The quantitative estimate of drug-likeness (QED) is 0.213. The maximum Gasteiger partial charge on any atom is 0.410 e. The van der Waals surface area contributed by atoms with E-state index in [4.69, 9.17) is 14.2 Å². The molecule has 1 amide bonds. The molecule has 1 aliphatic rings. The van der Waals surface area contributed by atoms with Crippen molar-refractivity contribution in [2.75, 3.05) is 60.2 Å². The highest BCUT2D eigenvalue weighted by Gasteiger charge is 2.26. The lowest BCUT2D eigenvalue weighted by Gasteiger charge is -2.33. The molecule has 0 atom stereocenters. The van der Waals surface area contributed by atoms with Crippen LogP contribution in [0.1, 0.15) is 40.0 Å². The molecule has 0 aromatic rings. The number of hydrogen-bond acceptors (Lipinski definition) is 5. The summed E-state index contributed by atoms with van der Waals surface area (Å²) in [6, 6.07) is 0. The third-order valence-electron chi connectivity index (χ3n) is 4.24. The zero-order valence-corrected chi connectivity index (χ0v) is 20.4. The first-order chi connectivity index (χ1) is 12.9. The second-order valence-corrected chi connectivity index (χ2v) is 7.75. The Morgan fingerprint density at radius 1 is 1.14 bits per heavy atom. The van der Waals surface area contributed by atoms with Crippen LogP contribution in [0.5, 0.6) is 0 Å². The molecule has 9 heteroatoms. The number of halogens is 1. The molecule has 0 aliphatic carbocycles. The maximum atomic E-state index is 12.1. The molecule has 1 rings (SSSR count). The van der Waals surface area contributed by atoms with E-state index in [2.05, 4.69) is 15.6 Å². The molecule has 0 saturated carbocycles. The minimum Gasteiger partial charge on any atom is -0.444 e. The van der Waals surface area contributed by atoms with Gasteiger partial charge in [0.25, 0.3) is 0 Å². The predicted molar refractivity (Wildman–Crippen MR) is 123 cm³/mol. The number of carbonyl (C=O) groups is 1. The molecule has 0 aromatic heterocycles. The molecule has 1 heterocycles. The van der Waals surface area contributed by atoms with Gasteiger partial charge in [0.15, 0.2) is 5.96 Å². The molecule has 1 fully saturated rings. The summed E-state index contributed by atoms with van der Waals surface area (Å²) in [7, 11) is 3.44. The summed E-state index contributed by atoms with van der Waals surface area (Å²) < 4.78 is 15.8. The molecular weight excluding hydrogens is 475 g/mol. The van der Waals surface area contributed by atoms with E-state index in [1.807, 2.05) is 20.8 Å². The van der Waals surface area contributed by atoms with Crippen molar-refractivity contribution in [2.45, 2.75) is 45.6 Å². The number of rotatable bonds is 9. The fraction of sp³-hybridized carbons (Fsp3) is 0.895. The molecule has 0 spiro atoms. The molecule has 0 bridgehead atoms. The average molecular weight is 514 g/mol. The molecule has 166 valence electrons. The van der Waals surface area contributed by atoms with Gasteiger partial charge in [0, 0.05) is 46.9 Å². The highest BCUT2D eigenvalue weighted by molar-refractivity contribution is 14.0. The van der Waals surface area contributed by atoms with Gasteiger partial charge in [-0.2, -0.15) is 0 Å². The third-order valence-corrected chi connectivity index (χ3v) is 4.24. The number of nitrogens with zero attached hydrogens (tertiary/aromatic N) is 2. The highest BCUT2D eigenvalue weighted by Crippen LogP contribution is 2.19. The van der Waals surface area contributed by atoms with Crippen LogP contribution in [0.2, 0.25) is 0 Å². The van der Waals surface area contributed by atoms with Crippen LogP contribution in [-0.2, 0) is 14.2 Å². The lowest BCUT2D eigenvalue weighted by Crippen LogP contribution is -2.45. The molecule has 0 radical (unpaired) electrons. The lowest BCUT2D eigenvalue weighted by atomic mass is 9.97. The first-order valence-electron chi connectivity index (χ1n) is 9.85. The van der Waals surface area contributed by atoms with E-state index >= 15 is 0 Å². The molecule has 1 aliphatic heterocycles. The van der Waals surface area contributed by atoms with E-state index < -0.39 is 5.60 Å². The molecule has 8 nitrogen and oxygen atoms in total. The largest absolute Gasteiger partial charge is 0.444 e. The zero-order chi connectivity index (χ0) is 20.1. The molecule has 2 N–H and O–H groups in total. The number of piperidine rings is 1. The number of aliphatic imine (C=N–C) groups is 1. The monoisotopic (exact) mass is 514 g/mol. The van der Waals surface area contributed by atoms with Crippen LogP contribution in [0.4, 0.5) is 4.79 Å². The fourth-order valence-corrected chi connectivity index (χ4v) is 2.73. The summed E-state index contributed by atoms with van der Waals surface area (Å²) in [6.45, 7) is 10.8. The second-order valence-electron chi connectivity index (χ2n) is 7.75. The van der Waals surface area contributed by atoms with E-state index in [0.717, 1.165) is 51.4 Å². The maximum absolute atomic E-state index is 12.1. The summed E-state index contributed by atoms with van der Waals surface area (Å²) in [5, 5.41) is 6.67. The summed E-state index contributed by atoms with van der Waals surface area (Å²) in [5.41, 5.74) is -0.442. The Hall–Kier alpha value is -0.810. The fourth-order valence-electron chi connectivity index (χ4n) is 2.73. The minimum atomic E-state index is -0.442. The van der Waals surface area contributed by atoms with Crippen LogP contribution in [0.3, 0.4) is 0 Å². The summed E-state index contributed by atoms with van der Waals surface area (Å²) >= 11 is 0. The normalized spacial score (nSPS) is 15.8. The van der Waals surface area contributed by atoms with Gasteiger partial charge in [0.1, 0.15) is 5.60 Å². The number of guanidine groups is 1. The SMILES string of the molecule is CN=C(NCCCOCCOC)NCC1CCN(C(=O)OC(C)(C)C)CC1.I. The Labute approximate surface area is 187 Å². The van der Waals surface area contributed by atoms with Crippen molar-refractivity contribution in [2.24, 2.45) is 10.9 Å². The van der Waals surface area contributed by atoms with Crippen molar-refractivity contribution in [1.82, 2.24) is 15.5 Å². The van der Waals surface area contributed by atoms with E-state index in [1.54, 1.807) is 19.1 Å². The van der Waals surface area contributed by atoms with Crippen molar-refractivity contribution in [3.05, 3.63) is 0 Å². The first-order valence-corrected chi connectivity index (χ1v) is 9.85. The van der Waals surface area contributed by atoms with Crippen LogP contribution in [-0.4, -0.2) is 82.7 Å². The van der Waals surface area contributed by atoms with Crippen LogP contribution < -0.4 is 10.6 Å². The van der Waals surface area contributed by atoms with Gasteiger partial charge in [-0.05, 0) is 46.0 Å². The van der Waals surface area contributed by atoms with Gasteiger partial charge in [0.05, 0.1) is 13.2 Å². The molecule has 0 unspecified atom stereocenters. The topological polar surface area (TPSA) is 84.4 Å². The van der Waals surface area contributed by atoms with Gasteiger partial charge in [-0.1, -0.05) is 0 Å². The standard InChI is InChI=1S/C19H38N4O4.HI/c1-19(2,3)27-18(24)23-10-7-16(8-11-23)15-22-17(20-4)21-9-6-12-26-14-13-25-5;/h16H,6-15H2,1-5H3,(H2,20,21,22);1H. The third kappa shape index (κ3) is 12.6. The van der Waals surface area contributed by atoms with Crippen LogP contribution in [0.15, 0.2) is 4.99 Å². The number of carbonyl (C=O) groups excluding carboxylic acids is 1. The van der Waals surface area contributed by atoms with Crippen LogP contribution >= 0.6 is 24.0 Å². The number of ether oxygens (including phenoxy) is 3. The molecular formula is C19H39IN4O4. The summed E-state index contributed by atoms with van der Waals surface area (Å²) in [5.74, 6) is 1.33. The lowest BCUT2D eigenvalue weighted by molar-refractivity contribution is 0.0185. The summed E-state index contributed by atoms with van der Waals surface area (Å²) in [4.78, 5) is 18.2. The Kier molecular flexibility index (Phi) is 14.6. The van der Waals surface area contributed by atoms with Crippen molar-refractivity contribution in [3.63, 3.8) is 0 Å². The Morgan fingerprint density at radius 2 is 1.82 bits per heavy atom. The van der Waals surface area contributed by atoms with Crippen molar-refractivity contribution >= 4 is 36.0 Å². The smallest absolute Gasteiger partial charge is 0.410 e. The minimum absolute atomic E-state index is 0. The van der Waals surface area contributed by atoms with Gasteiger partial charge < -0.3 is 29.7 Å². The Morgan fingerprint density at radius 3 is 2.39 bits per heavy atom. The Bertz CT molecular complexity index is 450. The number of amides is 1. The van der Waals surface area contributed by atoms with Gasteiger partial charge in [-0.15, -0.1) is 24.0 Å². The van der Waals surface area contributed by atoms with Crippen LogP contribution in [0, 0.1) is 5.92 Å². The zero-order valence-electron chi connectivity index (χ0n) is 18.1. The van der Waals surface area contributed by atoms with Crippen molar-refractivity contribution in [1.29, 1.82) is 0 Å². The molecule has 0 aromatic carbocycles. The average Bonchev–Trinajstić information content (AvgIpc) is 2.62. The highest BCUT2D eigenvalue weighted by atomic mass is 127. The first kappa shape index (κ1) is 27.2. The second kappa shape index (κ2) is 15.1. The molecule has 28 heavy (non-hydrogen) atoms. The van der Waals surface area contributed by atoms with Gasteiger partial charge in [0.2, 0.25) is 0 Å². The number of likely N-dealkylation sites (tertiary alicyclic amines) is 1. The van der Waals surface area contributed by atoms with E-state index in [-0.39, 0.29) is 30.1 Å². The molecule has 1 saturated heterocycles. The van der Waals surface area contributed by atoms with E-state index in [0.29, 0.717) is 25.7 Å². The summed E-state index contributed by atoms with van der Waals surface area (Å²) in [6.07, 6.45) is 2.64. The van der Waals surface area contributed by atoms with Crippen molar-refractivity contribution in [3.8, 4) is 0 Å². The number of methoxy groups -OCH3 is 1. The Balaban J connectivity index is 0.00000729. The van der Waals surface area contributed by atoms with Gasteiger partial charge in [-0.3, -0.25) is 4.99 Å².